The van der Waals surface area contributed by atoms with Gasteiger partial charge in [0.2, 0.25) is 0 Å². The van der Waals surface area contributed by atoms with Crippen LogP contribution in [0.3, 0.4) is 0 Å². The topological polar surface area (TPSA) is 34.6 Å². The fourth-order valence-corrected chi connectivity index (χ4v) is 4.55. The van der Waals surface area contributed by atoms with E-state index in [1.54, 1.807) is 0 Å². The molecule has 2 saturated heterocycles. The Labute approximate surface area is 150 Å². The lowest BCUT2D eigenvalue weighted by molar-refractivity contribution is -0.0951. The Morgan fingerprint density at radius 1 is 1.16 bits per heavy atom. The lowest BCUT2D eigenvalue weighted by Gasteiger charge is -2.48. The highest BCUT2D eigenvalue weighted by molar-refractivity contribution is 5.78. The molecule has 1 atom stereocenters. The Bertz CT molecular complexity index is 708. The van der Waals surface area contributed by atoms with Crippen molar-refractivity contribution in [1.82, 2.24) is 9.88 Å². The first-order valence-corrected chi connectivity index (χ1v) is 9.43. The molecule has 0 N–H and O–H groups in total. The van der Waals surface area contributed by atoms with E-state index in [2.05, 4.69) is 41.3 Å². The predicted octanol–water partition coefficient (Wildman–Crippen LogP) is 3.50. The van der Waals surface area contributed by atoms with Crippen LogP contribution in [0.2, 0.25) is 0 Å². The molecule has 1 aromatic carbocycles. The minimum Gasteiger partial charge on any atom is -0.384 e. The Morgan fingerprint density at radius 2 is 2.00 bits per heavy atom. The molecule has 0 bridgehead atoms. The van der Waals surface area contributed by atoms with Gasteiger partial charge in [-0.1, -0.05) is 24.3 Å². The Morgan fingerprint density at radius 3 is 2.84 bits per heavy atom. The lowest BCUT2D eigenvalue weighted by atomic mass is 9.66. The quantitative estimate of drug-likeness (QED) is 0.853. The minimum absolute atomic E-state index is 0.418. The largest absolute Gasteiger partial charge is 0.384 e. The first kappa shape index (κ1) is 17.0. The predicted molar refractivity (Wildman–Crippen MR) is 99.5 cm³/mol. The summed E-state index contributed by atoms with van der Waals surface area (Å²) < 4.78 is 11.2. The summed E-state index contributed by atoms with van der Waals surface area (Å²) in [7, 11) is 1.81. The minimum atomic E-state index is 0.418. The molecule has 2 aromatic rings. The maximum absolute atomic E-state index is 5.72. The number of piperidine rings is 1. The molecule has 1 spiro atoms. The summed E-state index contributed by atoms with van der Waals surface area (Å²) in [6, 6.07) is 12.7. The molecule has 2 fully saturated rings. The van der Waals surface area contributed by atoms with Crippen molar-refractivity contribution in [2.45, 2.75) is 25.8 Å². The van der Waals surface area contributed by atoms with Crippen molar-refractivity contribution >= 4 is 10.9 Å². The summed E-state index contributed by atoms with van der Waals surface area (Å²) in [5, 5.41) is 1.22. The maximum Gasteiger partial charge on any atom is 0.0705 e. The van der Waals surface area contributed by atoms with Gasteiger partial charge in [-0.15, -0.1) is 0 Å². The summed E-state index contributed by atoms with van der Waals surface area (Å²) in [5.74, 6) is 0.548. The molecule has 0 saturated carbocycles. The van der Waals surface area contributed by atoms with Gasteiger partial charge >= 0.3 is 0 Å². The van der Waals surface area contributed by atoms with E-state index in [1.807, 2.05) is 7.11 Å². The highest BCUT2D eigenvalue weighted by atomic mass is 16.5. The van der Waals surface area contributed by atoms with Gasteiger partial charge in [-0.05, 0) is 49.9 Å². The highest BCUT2D eigenvalue weighted by Gasteiger charge is 2.43. The van der Waals surface area contributed by atoms with Crippen LogP contribution in [-0.2, 0) is 16.0 Å². The fourth-order valence-electron chi connectivity index (χ4n) is 4.55. The second kappa shape index (κ2) is 7.40. The third kappa shape index (κ3) is 3.57. The van der Waals surface area contributed by atoms with Crippen LogP contribution in [0.5, 0.6) is 0 Å². The molecule has 25 heavy (non-hydrogen) atoms. The summed E-state index contributed by atoms with van der Waals surface area (Å²) in [6.07, 6.45) is 3.68. The molecule has 4 nitrogen and oxygen atoms in total. The third-order valence-corrected chi connectivity index (χ3v) is 6.19. The number of hydrogen-bond acceptors (Lipinski definition) is 4. The van der Waals surface area contributed by atoms with Crippen molar-refractivity contribution in [3.05, 3.63) is 42.1 Å². The number of fused-ring (bicyclic) bond motifs is 1. The molecule has 1 aromatic heterocycles. The molecule has 0 amide bonds. The van der Waals surface area contributed by atoms with Gasteiger partial charge in [0.25, 0.3) is 0 Å². The van der Waals surface area contributed by atoms with Crippen LogP contribution in [0.4, 0.5) is 0 Å². The van der Waals surface area contributed by atoms with E-state index in [0.29, 0.717) is 11.3 Å². The smallest absolute Gasteiger partial charge is 0.0705 e. The van der Waals surface area contributed by atoms with Gasteiger partial charge in [0.15, 0.2) is 0 Å². The maximum atomic E-state index is 5.72. The van der Waals surface area contributed by atoms with Crippen molar-refractivity contribution in [2.75, 3.05) is 40.0 Å². The van der Waals surface area contributed by atoms with Crippen LogP contribution in [-0.4, -0.2) is 49.9 Å². The van der Waals surface area contributed by atoms with Crippen molar-refractivity contribution in [1.29, 1.82) is 0 Å². The molecule has 0 aliphatic carbocycles. The number of benzene rings is 1. The van der Waals surface area contributed by atoms with E-state index in [-0.39, 0.29) is 0 Å². The Balaban J connectivity index is 1.41. The average molecular weight is 340 g/mol. The van der Waals surface area contributed by atoms with E-state index in [0.717, 1.165) is 45.0 Å². The highest BCUT2D eigenvalue weighted by Crippen LogP contribution is 2.44. The number of hydrogen-bond donors (Lipinski definition) is 0. The third-order valence-electron chi connectivity index (χ3n) is 6.19. The molecule has 3 heterocycles. The van der Waals surface area contributed by atoms with Gasteiger partial charge in [0.1, 0.15) is 0 Å². The standard InChI is InChI=1S/C21H28N2O2/c1-24-15-18-16-25-13-10-21(18)8-11-23(12-9-21)14-19-7-6-17-4-2-3-5-20(17)22-19/h2-7,18H,8-16H2,1H3/t18-/m0/s1. The Hall–Kier alpha value is -1.49. The number of ether oxygens (including phenoxy) is 2. The van der Waals surface area contributed by atoms with Gasteiger partial charge in [-0.3, -0.25) is 9.88 Å². The summed E-state index contributed by atoms with van der Waals surface area (Å²) in [5.41, 5.74) is 2.69. The van der Waals surface area contributed by atoms with Gasteiger partial charge in [0.05, 0.1) is 24.4 Å². The van der Waals surface area contributed by atoms with Crippen molar-refractivity contribution in [3.8, 4) is 0 Å². The molecule has 4 rings (SSSR count). The number of rotatable bonds is 4. The normalized spacial score (nSPS) is 24.0. The monoisotopic (exact) mass is 340 g/mol. The molecular weight excluding hydrogens is 312 g/mol. The number of para-hydroxylation sites is 1. The summed E-state index contributed by atoms with van der Waals surface area (Å²) in [6.45, 7) is 5.84. The second-order valence-electron chi connectivity index (χ2n) is 7.61. The van der Waals surface area contributed by atoms with E-state index >= 15 is 0 Å². The zero-order chi connectivity index (χ0) is 17.1. The zero-order valence-electron chi connectivity index (χ0n) is 15.1. The van der Waals surface area contributed by atoms with Crippen molar-refractivity contribution < 1.29 is 9.47 Å². The number of aromatic nitrogens is 1. The number of nitrogens with zero attached hydrogens (tertiary/aromatic N) is 2. The molecule has 4 heteroatoms. The zero-order valence-corrected chi connectivity index (χ0v) is 15.1. The molecular formula is C21H28N2O2. The van der Waals surface area contributed by atoms with Gasteiger partial charge in [-0.2, -0.15) is 0 Å². The van der Waals surface area contributed by atoms with Gasteiger partial charge in [-0.25, -0.2) is 0 Å². The average Bonchev–Trinajstić information content (AvgIpc) is 2.66. The molecule has 0 unspecified atom stereocenters. The van der Waals surface area contributed by atoms with Crippen LogP contribution in [0.1, 0.15) is 25.0 Å². The molecule has 134 valence electrons. The second-order valence-corrected chi connectivity index (χ2v) is 7.61. The van der Waals surface area contributed by atoms with Gasteiger partial charge < -0.3 is 9.47 Å². The first-order chi connectivity index (χ1) is 12.3. The van der Waals surface area contributed by atoms with Crippen LogP contribution in [0, 0.1) is 11.3 Å². The SMILES string of the molecule is COC[C@H]1COCCC12CCN(Cc1ccc3ccccc3n1)CC2. The first-order valence-electron chi connectivity index (χ1n) is 9.43. The molecule has 2 aliphatic rings. The van der Waals surface area contributed by atoms with E-state index < -0.39 is 0 Å². The molecule has 2 aliphatic heterocycles. The molecule has 0 radical (unpaired) electrons. The van der Waals surface area contributed by atoms with E-state index in [9.17, 15) is 0 Å². The summed E-state index contributed by atoms with van der Waals surface area (Å²) >= 11 is 0. The fraction of sp³-hybridized carbons (Fsp3) is 0.571. The lowest BCUT2D eigenvalue weighted by Crippen LogP contribution is -2.49. The van der Waals surface area contributed by atoms with Crippen LogP contribution in [0.25, 0.3) is 10.9 Å². The Kier molecular flexibility index (Phi) is 5.02. The van der Waals surface area contributed by atoms with Crippen LogP contribution < -0.4 is 0 Å². The van der Waals surface area contributed by atoms with Crippen LogP contribution in [0.15, 0.2) is 36.4 Å². The van der Waals surface area contributed by atoms with Crippen molar-refractivity contribution in [3.63, 3.8) is 0 Å². The van der Waals surface area contributed by atoms with E-state index in [1.165, 1.54) is 30.3 Å². The number of pyridine rings is 1. The van der Waals surface area contributed by atoms with Crippen LogP contribution >= 0.6 is 0 Å². The number of methoxy groups -OCH3 is 1. The number of likely N-dealkylation sites (tertiary alicyclic amines) is 1. The van der Waals surface area contributed by atoms with E-state index in [4.69, 9.17) is 14.5 Å². The van der Waals surface area contributed by atoms with Crippen molar-refractivity contribution in [2.24, 2.45) is 11.3 Å². The van der Waals surface area contributed by atoms with Gasteiger partial charge in [0, 0.05) is 31.6 Å². The summed E-state index contributed by atoms with van der Waals surface area (Å²) in [4.78, 5) is 7.39.